The number of ether oxygens (including phenoxy) is 1. The number of thioether (sulfide) groups is 1. The summed E-state index contributed by atoms with van der Waals surface area (Å²) in [6, 6.07) is 8.17. The highest BCUT2D eigenvalue weighted by atomic mass is 32.2. The molecule has 1 saturated heterocycles. The second-order valence-electron chi connectivity index (χ2n) is 6.09. The van der Waals surface area contributed by atoms with E-state index in [0.29, 0.717) is 4.75 Å². The van der Waals surface area contributed by atoms with Crippen LogP contribution in [0.3, 0.4) is 0 Å². The highest BCUT2D eigenvalue weighted by Crippen LogP contribution is 2.37. The molecule has 128 valence electrons. The molecular formula is C18H29N3OS. The Kier molecular flexibility index (Phi) is 7.09. The summed E-state index contributed by atoms with van der Waals surface area (Å²) < 4.78 is 5.71. The molecule has 1 aliphatic heterocycles. The molecule has 0 aromatic heterocycles. The average molecular weight is 336 g/mol. The van der Waals surface area contributed by atoms with Crippen molar-refractivity contribution in [2.75, 3.05) is 32.5 Å². The predicted molar refractivity (Wildman–Crippen MR) is 101 cm³/mol. The topological polar surface area (TPSA) is 45.7 Å². The smallest absolute Gasteiger partial charge is 0.191 e. The van der Waals surface area contributed by atoms with Gasteiger partial charge >= 0.3 is 0 Å². The van der Waals surface area contributed by atoms with Crippen molar-refractivity contribution in [1.82, 2.24) is 10.6 Å². The van der Waals surface area contributed by atoms with Gasteiger partial charge in [-0.1, -0.05) is 18.2 Å². The fourth-order valence-corrected chi connectivity index (χ4v) is 4.00. The third-order valence-electron chi connectivity index (χ3n) is 4.10. The van der Waals surface area contributed by atoms with Gasteiger partial charge in [0.05, 0.1) is 13.7 Å². The van der Waals surface area contributed by atoms with Crippen molar-refractivity contribution in [2.24, 2.45) is 4.99 Å². The highest BCUT2D eigenvalue weighted by molar-refractivity contribution is 8.00. The molecule has 0 spiro atoms. The first-order chi connectivity index (χ1) is 11.2. The fourth-order valence-electron chi connectivity index (χ4n) is 2.77. The van der Waals surface area contributed by atoms with Gasteiger partial charge in [0.15, 0.2) is 5.96 Å². The molecule has 1 atom stereocenters. The molecule has 4 nitrogen and oxygen atoms in total. The van der Waals surface area contributed by atoms with E-state index >= 15 is 0 Å². The van der Waals surface area contributed by atoms with Crippen LogP contribution in [0.1, 0.15) is 32.3 Å². The van der Waals surface area contributed by atoms with Gasteiger partial charge in [-0.05, 0) is 50.5 Å². The Balaban J connectivity index is 1.86. The number of guanidine groups is 1. The second kappa shape index (κ2) is 9.06. The SMILES string of the molecule is CCNC(=NCC1(C)CCCS1)NCCc1ccccc1OC. The quantitative estimate of drug-likeness (QED) is 0.594. The maximum Gasteiger partial charge on any atom is 0.191 e. The Morgan fingerprint density at radius 3 is 2.87 bits per heavy atom. The minimum Gasteiger partial charge on any atom is -0.496 e. The van der Waals surface area contributed by atoms with Crippen LogP contribution in [0.2, 0.25) is 0 Å². The summed E-state index contributed by atoms with van der Waals surface area (Å²) in [6.07, 6.45) is 3.50. The molecule has 2 N–H and O–H groups in total. The maximum atomic E-state index is 5.40. The van der Waals surface area contributed by atoms with E-state index in [2.05, 4.69) is 48.4 Å². The van der Waals surface area contributed by atoms with Crippen molar-refractivity contribution in [3.8, 4) is 5.75 Å². The van der Waals surface area contributed by atoms with Gasteiger partial charge in [-0.3, -0.25) is 4.99 Å². The lowest BCUT2D eigenvalue weighted by molar-refractivity contribution is 0.409. The molecule has 0 bridgehead atoms. The average Bonchev–Trinajstić information content (AvgIpc) is 3.00. The van der Waals surface area contributed by atoms with Crippen molar-refractivity contribution in [1.29, 1.82) is 0 Å². The summed E-state index contributed by atoms with van der Waals surface area (Å²) in [4.78, 5) is 4.78. The van der Waals surface area contributed by atoms with Gasteiger partial charge in [-0.15, -0.1) is 0 Å². The van der Waals surface area contributed by atoms with Crippen molar-refractivity contribution < 1.29 is 4.74 Å². The van der Waals surface area contributed by atoms with Crippen LogP contribution in [0.15, 0.2) is 29.3 Å². The zero-order chi connectivity index (χ0) is 16.5. The van der Waals surface area contributed by atoms with E-state index in [0.717, 1.165) is 37.8 Å². The van der Waals surface area contributed by atoms with Gasteiger partial charge in [0.1, 0.15) is 5.75 Å². The molecule has 0 saturated carbocycles. The molecule has 23 heavy (non-hydrogen) atoms. The summed E-state index contributed by atoms with van der Waals surface area (Å²) in [5, 5.41) is 6.77. The third kappa shape index (κ3) is 5.65. The summed E-state index contributed by atoms with van der Waals surface area (Å²) >= 11 is 2.05. The normalized spacial score (nSPS) is 21.3. The number of nitrogens with one attached hydrogen (secondary N) is 2. The van der Waals surface area contributed by atoms with Crippen molar-refractivity contribution >= 4 is 17.7 Å². The molecule has 1 aromatic carbocycles. The third-order valence-corrected chi connectivity index (χ3v) is 5.62. The minimum atomic E-state index is 0.311. The van der Waals surface area contributed by atoms with Crippen molar-refractivity contribution in [2.45, 2.75) is 37.9 Å². The Hall–Kier alpha value is -1.36. The molecule has 1 aliphatic rings. The van der Waals surface area contributed by atoms with Crippen molar-refractivity contribution in [3.05, 3.63) is 29.8 Å². The number of methoxy groups -OCH3 is 1. The molecule has 2 rings (SSSR count). The van der Waals surface area contributed by atoms with E-state index in [1.165, 1.54) is 24.2 Å². The molecular weight excluding hydrogens is 306 g/mol. The lowest BCUT2D eigenvalue weighted by atomic mass is 10.1. The van der Waals surface area contributed by atoms with Crippen LogP contribution in [0.5, 0.6) is 5.75 Å². The number of para-hydroxylation sites is 1. The zero-order valence-corrected chi connectivity index (χ0v) is 15.3. The highest BCUT2D eigenvalue weighted by Gasteiger charge is 2.29. The number of hydrogen-bond donors (Lipinski definition) is 2. The number of aliphatic imine (C=N–C) groups is 1. The molecule has 1 fully saturated rings. The van der Waals surface area contributed by atoms with Crippen LogP contribution in [0.4, 0.5) is 0 Å². The van der Waals surface area contributed by atoms with Gasteiger partial charge in [-0.25, -0.2) is 0 Å². The summed E-state index contributed by atoms with van der Waals surface area (Å²) in [5.41, 5.74) is 1.22. The summed E-state index contributed by atoms with van der Waals surface area (Å²) in [5.74, 6) is 3.13. The first-order valence-corrected chi connectivity index (χ1v) is 9.43. The number of benzene rings is 1. The Labute approximate surface area is 144 Å². The van der Waals surface area contributed by atoms with Crippen LogP contribution >= 0.6 is 11.8 Å². The number of rotatable bonds is 7. The first kappa shape index (κ1) is 18.0. The molecule has 1 unspecified atom stereocenters. The Morgan fingerprint density at radius 2 is 2.17 bits per heavy atom. The largest absolute Gasteiger partial charge is 0.496 e. The van der Waals surface area contributed by atoms with Crippen LogP contribution in [0, 0.1) is 0 Å². The van der Waals surface area contributed by atoms with E-state index in [4.69, 9.17) is 9.73 Å². The molecule has 0 radical (unpaired) electrons. The lowest BCUT2D eigenvalue weighted by Crippen LogP contribution is -2.39. The van der Waals surface area contributed by atoms with Gasteiger partial charge in [-0.2, -0.15) is 11.8 Å². The Morgan fingerprint density at radius 1 is 1.35 bits per heavy atom. The second-order valence-corrected chi connectivity index (χ2v) is 7.77. The standard InChI is InChI=1S/C18H29N3OS/c1-4-19-17(21-14-18(2)11-7-13-23-18)20-12-10-15-8-5-6-9-16(15)22-3/h5-6,8-9H,4,7,10-14H2,1-3H3,(H2,19,20,21). The monoisotopic (exact) mass is 335 g/mol. The van der Waals surface area contributed by atoms with E-state index in [1.54, 1.807) is 7.11 Å². The molecule has 0 aliphatic carbocycles. The van der Waals surface area contributed by atoms with Crippen LogP contribution < -0.4 is 15.4 Å². The summed E-state index contributed by atoms with van der Waals surface area (Å²) in [6.45, 7) is 7.03. The minimum absolute atomic E-state index is 0.311. The number of hydrogen-bond acceptors (Lipinski definition) is 3. The van der Waals surface area contributed by atoms with Gasteiger partial charge in [0, 0.05) is 17.8 Å². The Bertz CT molecular complexity index is 513. The molecule has 1 heterocycles. The van der Waals surface area contributed by atoms with Gasteiger partial charge in [0.2, 0.25) is 0 Å². The van der Waals surface area contributed by atoms with Crippen molar-refractivity contribution in [3.63, 3.8) is 0 Å². The van der Waals surface area contributed by atoms with E-state index in [1.807, 2.05) is 12.1 Å². The van der Waals surface area contributed by atoms with Crippen LogP contribution in [0.25, 0.3) is 0 Å². The summed E-state index contributed by atoms with van der Waals surface area (Å²) in [7, 11) is 1.72. The van der Waals surface area contributed by atoms with Gasteiger partial charge in [0.25, 0.3) is 0 Å². The predicted octanol–water partition coefficient (Wildman–Crippen LogP) is 3.08. The van der Waals surface area contributed by atoms with Crippen LogP contribution in [-0.4, -0.2) is 43.2 Å². The fraction of sp³-hybridized carbons (Fsp3) is 0.611. The van der Waals surface area contributed by atoms with Crippen LogP contribution in [-0.2, 0) is 6.42 Å². The lowest BCUT2D eigenvalue weighted by Gasteiger charge is -2.21. The van der Waals surface area contributed by atoms with Gasteiger partial charge < -0.3 is 15.4 Å². The number of nitrogens with zero attached hydrogens (tertiary/aromatic N) is 1. The molecule has 1 aromatic rings. The van der Waals surface area contributed by atoms with E-state index < -0.39 is 0 Å². The molecule has 5 heteroatoms. The first-order valence-electron chi connectivity index (χ1n) is 8.45. The maximum absolute atomic E-state index is 5.40. The van der Waals surface area contributed by atoms with E-state index in [9.17, 15) is 0 Å². The zero-order valence-electron chi connectivity index (χ0n) is 14.5. The molecule has 0 amide bonds. The van der Waals surface area contributed by atoms with E-state index in [-0.39, 0.29) is 0 Å².